The number of anilines is 2. The van der Waals surface area contributed by atoms with E-state index in [4.69, 9.17) is 14.7 Å². The highest BCUT2D eigenvalue weighted by Crippen LogP contribution is 2.32. The number of rotatable bonds is 8. The van der Waals surface area contributed by atoms with Gasteiger partial charge in [-0.15, -0.1) is 0 Å². The summed E-state index contributed by atoms with van der Waals surface area (Å²) >= 11 is 0. The van der Waals surface area contributed by atoms with E-state index >= 15 is 0 Å². The summed E-state index contributed by atoms with van der Waals surface area (Å²) in [4.78, 5) is 28.4. The average molecular weight is 540 g/mol. The third-order valence-electron chi connectivity index (χ3n) is 8.14. The van der Waals surface area contributed by atoms with Crippen molar-refractivity contribution < 1.29 is 18.3 Å². The number of nitrogens with zero attached hydrogens (tertiary/aromatic N) is 5. The van der Waals surface area contributed by atoms with Gasteiger partial charge in [0.25, 0.3) is 6.43 Å². The lowest BCUT2D eigenvalue weighted by atomic mass is 9.82. The van der Waals surface area contributed by atoms with E-state index in [1.54, 1.807) is 24.3 Å². The van der Waals surface area contributed by atoms with Gasteiger partial charge in [0, 0.05) is 31.6 Å². The van der Waals surface area contributed by atoms with E-state index in [-0.39, 0.29) is 17.9 Å². The number of benzene rings is 1. The van der Waals surface area contributed by atoms with Crippen LogP contribution in [-0.2, 0) is 9.53 Å². The van der Waals surface area contributed by atoms with Crippen LogP contribution >= 0.6 is 0 Å². The van der Waals surface area contributed by atoms with Gasteiger partial charge in [-0.05, 0) is 63.1 Å². The summed E-state index contributed by atoms with van der Waals surface area (Å²) in [5.41, 5.74) is 1.07. The zero-order valence-electron chi connectivity index (χ0n) is 22.0. The lowest BCUT2D eigenvalue weighted by Gasteiger charge is -2.31. The fraction of sp³-hybridized carbons (Fsp3) is 0.571. The molecule has 3 aromatic rings. The van der Waals surface area contributed by atoms with Gasteiger partial charge in [-0.1, -0.05) is 12.1 Å². The Labute approximate surface area is 226 Å². The minimum Gasteiger partial charge on any atom is -0.378 e. The molecule has 2 saturated heterocycles. The number of hydrogen-bond acceptors (Lipinski definition) is 8. The number of ether oxygens (including phenoxy) is 1. The Hall–Kier alpha value is -3.18. The molecule has 1 atom stereocenters. The number of hydrogen-bond donors (Lipinski definition) is 2. The van der Waals surface area contributed by atoms with Gasteiger partial charge in [0.2, 0.25) is 5.95 Å². The molecule has 0 bridgehead atoms. The summed E-state index contributed by atoms with van der Waals surface area (Å²) in [5.74, 6) is 1.88. The molecule has 1 aromatic carbocycles. The number of morpholine rings is 1. The molecule has 3 aliphatic rings. The summed E-state index contributed by atoms with van der Waals surface area (Å²) in [6.45, 7) is 3.32. The first-order valence-electron chi connectivity index (χ1n) is 14.1. The van der Waals surface area contributed by atoms with Crippen molar-refractivity contribution in [2.75, 3.05) is 43.1 Å². The lowest BCUT2D eigenvalue weighted by Crippen LogP contribution is -2.37. The molecule has 39 heavy (non-hydrogen) atoms. The largest absolute Gasteiger partial charge is 0.378 e. The fourth-order valence-electron chi connectivity index (χ4n) is 6.05. The van der Waals surface area contributed by atoms with Crippen LogP contribution in [0, 0.1) is 5.92 Å². The Morgan fingerprint density at radius 3 is 2.62 bits per heavy atom. The van der Waals surface area contributed by atoms with Crippen LogP contribution in [0.15, 0.2) is 30.3 Å². The highest BCUT2D eigenvalue weighted by Gasteiger charge is 2.29. The van der Waals surface area contributed by atoms with Crippen molar-refractivity contribution in [2.24, 2.45) is 5.92 Å². The Kier molecular flexibility index (Phi) is 7.69. The Morgan fingerprint density at radius 2 is 1.87 bits per heavy atom. The first kappa shape index (κ1) is 26.1. The number of halogens is 2. The molecular formula is C28H35F2N7O2. The third-order valence-corrected chi connectivity index (χ3v) is 8.14. The monoisotopic (exact) mass is 539 g/mol. The molecule has 11 heteroatoms. The van der Waals surface area contributed by atoms with E-state index in [0.29, 0.717) is 73.0 Å². The fourth-order valence-corrected chi connectivity index (χ4v) is 6.05. The molecule has 3 fully saturated rings. The molecule has 4 heterocycles. The number of aromatic nitrogens is 4. The van der Waals surface area contributed by atoms with E-state index in [1.807, 2.05) is 11.0 Å². The summed E-state index contributed by atoms with van der Waals surface area (Å²) in [6, 6.07) is 9.08. The topological polar surface area (TPSA) is 97.2 Å². The lowest BCUT2D eigenvalue weighted by molar-refractivity contribution is -0.121. The zero-order chi connectivity index (χ0) is 26.8. The van der Waals surface area contributed by atoms with Gasteiger partial charge >= 0.3 is 0 Å². The molecule has 2 N–H and O–H groups in total. The SMILES string of the molecule is O=C(CC1CCC(Nc2cc(-n3c(C(F)F)nc4ccccc43)nc(N3CCOCC3)n2)CC1)[C@@H]1CCCN1. The Bertz CT molecular complexity index is 1300. The predicted molar refractivity (Wildman–Crippen MR) is 145 cm³/mol. The summed E-state index contributed by atoms with van der Waals surface area (Å²) in [5, 5.41) is 6.88. The molecule has 0 radical (unpaired) electrons. The Morgan fingerprint density at radius 1 is 1.08 bits per heavy atom. The minimum atomic E-state index is -2.76. The maximum Gasteiger partial charge on any atom is 0.296 e. The number of para-hydroxylation sites is 2. The van der Waals surface area contributed by atoms with Crippen molar-refractivity contribution in [1.29, 1.82) is 0 Å². The molecule has 0 spiro atoms. The van der Waals surface area contributed by atoms with Crippen LogP contribution in [-0.4, -0.2) is 70.2 Å². The Balaban J connectivity index is 1.24. The van der Waals surface area contributed by atoms with Crippen LogP contribution in [0.3, 0.4) is 0 Å². The maximum atomic E-state index is 14.1. The van der Waals surface area contributed by atoms with Crippen LogP contribution in [0.25, 0.3) is 16.9 Å². The van der Waals surface area contributed by atoms with Crippen molar-refractivity contribution in [3.63, 3.8) is 0 Å². The third kappa shape index (κ3) is 5.74. The highest BCUT2D eigenvalue weighted by molar-refractivity contribution is 5.84. The van der Waals surface area contributed by atoms with Crippen molar-refractivity contribution >= 4 is 28.6 Å². The molecule has 0 unspecified atom stereocenters. The number of nitrogens with one attached hydrogen (secondary N) is 2. The average Bonchev–Trinajstić information content (AvgIpc) is 3.63. The van der Waals surface area contributed by atoms with Crippen LogP contribution in [0.1, 0.15) is 57.2 Å². The van der Waals surface area contributed by atoms with Crippen molar-refractivity contribution in [2.45, 2.75) is 63.5 Å². The molecule has 6 rings (SSSR count). The maximum absolute atomic E-state index is 14.1. The number of ketones is 1. The summed E-state index contributed by atoms with van der Waals surface area (Å²) < 4.78 is 35.2. The summed E-state index contributed by atoms with van der Waals surface area (Å²) in [7, 11) is 0. The van der Waals surface area contributed by atoms with Crippen LogP contribution in [0.2, 0.25) is 0 Å². The quantitative estimate of drug-likeness (QED) is 0.438. The molecule has 9 nitrogen and oxygen atoms in total. The molecule has 0 amide bonds. The molecule has 208 valence electrons. The number of carbonyl (C=O) groups excluding carboxylic acids is 1. The second kappa shape index (κ2) is 11.5. The van der Waals surface area contributed by atoms with Gasteiger partial charge in [0.15, 0.2) is 5.82 Å². The van der Waals surface area contributed by atoms with E-state index in [1.165, 1.54) is 4.57 Å². The van der Waals surface area contributed by atoms with Gasteiger partial charge in [-0.25, -0.2) is 13.8 Å². The van der Waals surface area contributed by atoms with Gasteiger partial charge in [-0.2, -0.15) is 9.97 Å². The van der Waals surface area contributed by atoms with Gasteiger partial charge in [0.1, 0.15) is 17.4 Å². The van der Waals surface area contributed by atoms with Crippen molar-refractivity contribution in [3.8, 4) is 5.82 Å². The van der Waals surface area contributed by atoms with Crippen LogP contribution in [0.5, 0.6) is 0 Å². The smallest absolute Gasteiger partial charge is 0.296 e. The molecule has 2 aromatic heterocycles. The van der Waals surface area contributed by atoms with E-state index in [9.17, 15) is 13.6 Å². The highest BCUT2D eigenvalue weighted by atomic mass is 19.3. The number of Topliss-reactive ketones (excluding diaryl/α,β-unsaturated/α-hetero) is 1. The van der Waals surface area contributed by atoms with E-state index in [2.05, 4.69) is 15.6 Å². The predicted octanol–water partition coefficient (Wildman–Crippen LogP) is 4.27. The second-order valence-corrected chi connectivity index (χ2v) is 10.8. The van der Waals surface area contributed by atoms with Gasteiger partial charge in [0.05, 0.1) is 30.3 Å². The first-order valence-corrected chi connectivity index (χ1v) is 14.1. The van der Waals surface area contributed by atoms with Crippen molar-refractivity contribution in [1.82, 2.24) is 24.8 Å². The van der Waals surface area contributed by atoms with Crippen molar-refractivity contribution in [3.05, 3.63) is 36.2 Å². The van der Waals surface area contributed by atoms with Gasteiger partial charge in [-0.3, -0.25) is 9.36 Å². The minimum absolute atomic E-state index is 0.0382. The van der Waals surface area contributed by atoms with Crippen LogP contribution < -0.4 is 15.5 Å². The summed E-state index contributed by atoms with van der Waals surface area (Å²) in [6.07, 6.45) is 3.74. The standard InChI is InChI=1S/C28H35F2N7O2/c29-26(30)27-33-20-4-1-2-6-22(20)37(27)25-17-24(34-28(35-25)36-12-14-39-15-13-36)32-19-9-7-18(8-10-19)16-23(38)21-5-3-11-31-21/h1-2,4,6,17-19,21,26,31H,3,5,7-16H2,(H,32,34,35)/t18?,19?,21-/m0/s1. The number of fused-ring (bicyclic) bond motifs is 1. The number of alkyl halides is 2. The van der Waals surface area contributed by atoms with Crippen LogP contribution in [0.4, 0.5) is 20.5 Å². The number of carbonyl (C=O) groups is 1. The second-order valence-electron chi connectivity index (χ2n) is 10.8. The number of imidazole rings is 1. The normalized spacial score (nSPS) is 24.0. The molecule has 2 aliphatic heterocycles. The van der Waals surface area contributed by atoms with Gasteiger partial charge < -0.3 is 20.3 Å². The van der Waals surface area contributed by atoms with E-state index in [0.717, 1.165) is 45.1 Å². The molecular weight excluding hydrogens is 504 g/mol. The first-order chi connectivity index (χ1) is 19.0. The zero-order valence-corrected chi connectivity index (χ0v) is 22.0. The molecule has 1 aliphatic carbocycles. The molecule has 1 saturated carbocycles. The van der Waals surface area contributed by atoms with E-state index < -0.39 is 6.43 Å².